The molecule has 4 aromatic rings. The highest BCUT2D eigenvalue weighted by Gasteiger charge is 2.22. The van der Waals surface area contributed by atoms with E-state index in [1.54, 1.807) is 14.2 Å². The van der Waals surface area contributed by atoms with E-state index >= 15 is 0 Å². The van der Waals surface area contributed by atoms with Crippen molar-refractivity contribution in [1.29, 1.82) is 0 Å². The zero-order valence-corrected chi connectivity index (χ0v) is 21.1. The van der Waals surface area contributed by atoms with Gasteiger partial charge in [0.1, 0.15) is 11.5 Å². The van der Waals surface area contributed by atoms with Gasteiger partial charge in [0.2, 0.25) is 6.79 Å². The molecular weight excluding hydrogens is 448 g/mol. The smallest absolute Gasteiger partial charge is 0.231 e. The van der Waals surface area contributed by atoms with E-state index < -0.39 is 0 Å². The molecule has 1 heterocycles. The van der Waals surface area contributed by atoms with Crippen LogP contribution < -0.4 is 18.9 Å². The highest BCUT2D eigenvalue weighted by Crippen LogP contribution is 2.43. The predicted octanol–water partition coefficient (Wildman–Crippen LogP) is 7.56. The Kier molecular flexibility index (Phi) is 6.68. The number of benzene rings is 4. The van der Waals surface area contributed by atoms with Crippen molar-refractivity contribution in [3.63, 3.8) is 0 Å². The first-order valence-corrected chi connectivity index (χ1v) is 12.1. The van der Waals surface area contributed by atoms with Gasteiger partial charge in [-0.3, -0.25) is 0 Å². The molecule has 0 amide bonds. The van der Waals surface area contributed by atoms with Crippen LogP contribution in [0.3, 0.4) is 0 Å². The first-order valence-electron chi connectivity index (χ1n) is 12.1. The van der Waals surface area contributed by atoms with E-state index in [9.17, 15) is 0 Å². The first kappa shape index (κ1) is 23.6. The van der Waals surface area contributed by atoms with Gasteiger partial charge >= 0.3 is 0 Å². The maximum Gasteiger partial charge on any atom is 0.231 e. The molecule has 1 aliphatic rings. The molecule has 0 aliphatic carbocycles. The highest BCUT2D eigenvalue weighted by atomic mass is 16.7. The number of hydrogen-bond donors (Lipinski definition) is 0. The molecule has 4 nitrogen and oxygen atoms in total. The van der Waals surface area contributed by atoms with Gasteiger partial charge < -0.3 is 18.9 Å². The SMILES string of the molecule is COc1ccc(/C(=C(/c2ccc(OC)cc2)c2ccccc2C(C)C)c2ccc3c(c2)OCO3)cc1. The monoisotopic (exact) mass is 478 g/mol. The Bertz CT molecular complexity index is 1380. The Morgan fingerprint density at radius 1 is 0.639 bits per heavy atom. The van der Waals surface area contributed by atoms with Crippen molar-refractivity contribution in [2.24, 2.45) is 0 Å². The molecule has 0 fully saturated rings. The lowest BCUT2D eigenvalue weighted by molar-refractivity contribution is 0.174. The molecule has 0 aromatic heterocycles. The third kappa shape index (κ3) is 4.55. The minimum atomic E-state index is 0.238. The summed E-state index contributed by atoms with van der Waals surface area (Å²) in [6.07, 6.45) is 0. The van der Waals surface area contributed by atoms with E-state index in [1.165, 1.54) is 11.1 Å². The lowest BCUT2D eigenvalue weighted by Crippen LogP contribution is -2.02. The van der Waals surface area contributed by atoms with Gasteiger partial charge in [-0.05, 0) is 81.3 Å². The molecule has 0 unspecified atom stereocenters. The molecule has 182 valence electrons. The fourth-order valence-corrected chi connectivity index (χ4v) is 4.69. The molecule has 36 heavy (non-hydrogen) atoms. The maximum absolute atomic E-state index is 5.76. The fraction of sp³-hybridized carbons (Fsp3) is 0.188. The minimum absolute atomic E-state index is 0.238. The van der Waals surface area contributed by atoms with Gasteiger partial charge in [-0.2, -0.15) is 0 Å². The second kappa shape index (κ2) is 10.2. The molecule has 0 atom stereocenters. The summed E-state index contributed by atoms with van der Waals surface area (Å²) in [5, 5.41) is 0. The van der Waals surface area contributed by atoms with Crippen LogP contribution in [0, 0.1) is 0 Å². The van der Waals surface area contributed by atoms with Crippen molar-refractivity contribution >= 4 is 11.1 Å². The normalized spacial score (nSPS) is 12.9. The minimum Gasteiger partial charge on any atom is -0.497 e. The van der Waals surface area contributed by atoms with Crippen LogP contribution in [-0.4, -0.2) is 21.0 Å². The average molecular weight is 479 g/mol. The summed E-state index contributed by atoms with van der Waals surface area (Å²) in [7, 11) is 3.38. The second-order valence-corrected chi connectivity index (χ2v) is 9.02. The van der Waals surface area contributed by atoms with Gasteiger partial charge in [0.15, 0.2) is 11.5 Å². The number of hydrogen-bond acceptors (Lipinski definition) is 4. The van der Waals surface area contributed by atoms with Crippen molar-refractivity contribution in [2.45, 2.75) is 19.8 Å². The zero-order valence-electron chi connectivity index (χ0n) is 21.1. The Hall–Kier alpha value is -4.18. The fourth-order valence-electron chi connectivity index (χ4n) is 4.69. The van der Waals surface area contributed by atoms with E-state index in [-0.39, 0.29) is 6.79 Å². The van der Waals surface area contributed by atoms with Crippen LogP contribution in [0.4, 0.5) is 0 Å². The standard InChI is InChI=1S/C32H30O4/c1-21(2)27-7-5-6-8-28(27)32(23-11-16-26(34-4)17-12-23)31(22-9-14-25(33-3)15-10-22)24-13-18-29-30(19-24)36-20-35-29/h5-19,21H,20H2,1-4H3/b32-31+. The van der Waals surface area contributed by atoms with Gasteiger partial charge in [0.05, 0.1) is 14.2 Å². The summed E-state index contributed by atoms with van der Waals surface area (Å²) >= 11 is 0. The Morgan fingerprint density at radius 3 is 1.81 bits per heavy atom. The largest absolute Gasteiger partial charge is 0.497 e. The van der Waals surface area contributed by atoms with Crippen LogP contribution >= 0.6 is 0 Å². The molecule has 4 aromatic carbocycles. The van der Waals surface area contributed by atoms with Gasteiger partial charge in [-0.25, -0.2) is 0 Å². The molecule has 0 bridgehead atoms. The lowest BCUT2D eigenvalue weighted by Gasteiger charge is -2.22. The molecule has 4 heteroatoms. The van der Waals surface area contributed by atoms with Gasteiger partial charge in [-0.1, -0.05) is 68.4 Å². The van der Waals surface area contributed by atoms with E-state index in [0.717, 1.165) is 50.8 Å². The summed E-state index contributed by atoms with van der Waals surface area (Å²) < 4.78 is 22.3. The summed E-state index contributed by atoms with van der Waals surface area (Å²) in [4.78, 5) is 0. The van der Waals surface area contributed by atoms with Crippen molar-refractivity contribution in [3.8, 4) is 23.0 Å². The van der Waals surface area contributed by atoms with Crippen LogP contribution in [0.25, 0.3) is 11.1 Å². The first-order chi connectivity index (χ1) is 17.6. The zero-order chi connectivity index (χ0) is 25.1. The van der Waals surface area contributed by atoms with Gasteiger partial charge in [0, 0.05) is 0 Å². The van der Waals surface area contributed by atoms with Crippen molar-refractivity contribution in [1.82, 2.24) is 0 Å². The number of fused-ring (bicyclic) bond motifs is 1. The third-order valence-corrected chi connectivity index (χ3v) is 6.52. The Labute approximate surface area is 212 Å². The number of rotatable bonds is 7. The maximum atomic E-state index is 5.76. The quantitative estimate of drug-likeness (QED) is 0.257. The molecule has 1 aliphatic heterocycles. The molecule has 0 radical (unpaired) electrons. The topological polar surface area (TPSA) is 36.9 Å². The van der Waals surface area contributed by atoms with Crippen molar-refractivity contribution < 1.29 is 18.9 Å². The van der Waals surface area contributed by atoms with Gasteiger partial charge in [0.25, 0.3) is 0 Å². The summed E-state index contributed by atoms with van der Waals surface area (Å²) in [5.41, 5.74) is 7.97. The Morgan fingerprint density at radius 2 is 1.19 bits per heavy atom. The van der Waals surface area contributed by atoms with Crippen LogP contribution in [-0.2, 0) is 0 Å². The van der Waals surface area contributed by atoms with Crippen LogP contribution in [0.2, 0.25) is 0 Å². The number of methoxy groups -OCH3 is 2. The molecule has 0 saturated carbocycles. The van der Waals surface area contributed by atoms with Crippen LogP contribution in [0.5, 0.6) is 23.0 Å². The van der Waals surface area contributed by atoms with E-state index in [0.29, 0.717) is 5.92 Å². The van der Waals surface area contributed by atoms with E-state index in [4.69, 9.17) is 18.9 Å². The van der Waals surface area contributed by atoms with E-state index in [2.05, 4.69) is 74.5 Å². The van der Waals surface area contributed by atoms with Crippen LogP contribution in [0.1, 0.15) is 47.6 Å². The average Bonchev–Trinajstić information content (AvgIpc) is 3.40. The highest BCUT2D eigenvalue weighted by molar-refractivity contribution is 6.05. The molecule has 0 spiro atoms. The number of ether oxygens (including phenoxy) is 4. The molecule has 5 rings (SSSR count). The predicted molar refractivity (Wildman–Crippen MR) is 144 cm³/mol. The van der Waals surface area contributed by atoms with Crippen molar-refractivity contribution in [3.05, 3.63) is 119 Å². The second-order valence-electron chi connectivity index (χ2n) is 9.02. The van der Waals surface area contributed by atoms with Gasteiger partial charge in [-0.15, -0.1) is 0 Å². The third-order valence-electron chi connectivity index (χ3n) is 6.52. The summed E-state index contributed by atoms with van der Waals surface area (Å²) in [5.74, 6) is 3.51. The molecular formula is C32H30O4. The summed E-state index contributed by atoms with van der Waals surface area (Å²) in [6, 6.07) is 31.3. The lowest BCUT2D eigenvalue weighted by atomic mass is 9.82. The summed E-state index contributed by atoms with van der Waals surface area (Å²) in [6.45, 7) is 4.71. The molecule has 0 saturated heterocycles. The van der Waals surface area contributed by atoms with Crippen LogP contribution in [0.15, 0.2) is 91.0 Å². The van der Waals surface area contributed by atoms with Crippen molar-refractivity contribution in [2.75, 3.05) is 21.0 Å². The molecule has 0 N–H and O–H groups in total. The van der Waals surface area contributed by atoms with E-state index in [1.807, 2.05) is 30.3 Å². The Balaban J connectivity index is 1.86.